The number of nitrogens with zero attached hydrogens (tertiary/aromatic N) is 2. The average molecular weight is 369 g/mol. The smallest absolute Gasteiger partial charge is 0.294 e. The van der Waals surface area contributed by atoms with E-state index in [9.17, 15) is 8.42 Å². The van der Waals surface area contributed by atoms with Crippen LogP contribution in [0.3, 0.4) is 0 Å². The van der Waals surface area contributed by atoms with Gasteiger partial charge in [-0.3, -0.25) is 0 Å². The third kappa shape index (κ3) is 2.83. The summed E-state index contributed by atoms with van der Waals surface area (Å²) in [5.74, 6) is 2.52. The molecule has 8 heteroatoms. The molecule has 2 heterocycles. The van der Waals surface area contributed by atoms with Gasteiger partial charge in [0.25, 0.3) is 10.0 Å². The summed E-state index contributed by atoms with van der Waals surface area (Å²) < 4.78 is 31.3. The zero-order valence-electron chi connectivity index (χ0n) is 11.1. The van der Waals surface area contributed by atoms with Crippen LogP contribution in [-0.4, -0.2) is 13.0 Å². The van der Waals surface area contributed by atoms with E-state index in [0.29, 0.717) is 9.82 Å². The van der Waals surface area contributed by atoms with Gasteiger partial charge in [-0.15, -0.1) is 22.2 Å². The van der Waals surface area contributed by atoms with Crippen LogP contribution in [0.25, 0.3) is 10.2 Å². The quantitative estimate of drug-likeness (QED) is 0.666. The van der Waals surface area contributed by atoms with E-state index in [0.717, 1.165) is 21.6 Å². The molecule has 0 aliphatic carbocycles. The van der Waals surface area contributed by atoms with E-state index in [1.54, 1.807) is 28.1 Å². The zero-order chi connectivity index (χ0) is 15.7. The molecule has 0 atom stereocenters. The lowest BCUT2D eigenvalue weighted by Gasteiger charge is -1.99. The molecule has 0 spiro atoms. The first-order valence-electron chi connectivity index (χ1n) is 6.08. The largest absolute Gasteiger partial charge is 0.304 e. The van der Waals surface area contributed by atoms with Crippen LogP contribution in [0.2, 0.25) is 5.02 Å². The molecule has 0 saturated carbocycles. The minimum absolute atomic E-state index is 0.204. The van der Waals surface area contributed by atoms with Crippen LogP contribution < -0.4 is 4.80 Å². The number of thiazole rings is 1. The standard InChI is InChI=1S/C14H9ClN2O2S3/c1-2-7-17-11-6-5-10(15)9-12(11)21-14(17)16-22(18,19)13-4-3-8-20-13/h1,3-6,8-9H,7H2/b16-14-. The second kappa shape index (κ2) is 5.89. The summed E-state index contributed by atoms with van der Waals surface area (Å²) in [4.78, 5) is 0.337. The Labute approximate surface area is 140 Å². The molecule has 0 amide bonds. The molecule has 0 N–H and O–H groups in total. The lowest BCUT2D eigenvalue weighted by molar-refractivity contribution is 0.598. The van der Waals surface area contributed by atoms with E-state index in [4.69, 9.17) is 18.0 Å². The van der Waals surface area contributed by atoms with Gasteiger partial charge in [0.1, 0.15) is 4.21 Å². The van der Waals surface area contributed by atoms with Crippen molar-refractivity contribution >= 4 is 54.5 Å². The highest BCUT2D eigenvalue weighted by Crippen LogP contribution is 2.23. The number of benzene rings is 1. The maximum absolute atomic E-state index is 12.3. The van der Waals surface area contributed by atoms with Gasteiger partial charge >= 0.3 is 0 Å². The molecule has 22 heavy (non-hydrogen) atoms. The van der Waals surface area contributed by atoms with Crippen molar-refractivity contribution in [1.82, 2.24) is 4.57 Å². The summed E-state index contributed by atoms with van der Waals surface area (Å²) in [6.07, 6.45) is 5.39. The highest BCUT2D eigenvalue weighted by atomic mass is 35.5. The Bertz CT molecular complexity index is 1040. The maximum Gasteiger partial charge on any atom is 0.294 e. The van der Waals surface area contributed by atoms with E-state index >= 15 is 0 Å². The lowest BCUT2D eigenvalue weighted by Crippen LogP contribution is -2.16. The Balaban J connectivity index is 2.29. The minimum atomic E-state index is -3.74. The summed E-state index contributed by atoms with van der Waals surface area (Å²) in [7, 11) is -3.74. The van der Waals surface area contributed by atoms with Crippen molar-refractivity contribution in [2.75, 3.05) is 0 Å². The number of thiophene rings is 1. The molecular formula is C14H9ClN2O2S3. The normalized spacial score (nSPS) is 12.6. The fraction of sp³-hybridized carbons (Fsp3) is 0.0714. The monoisotopic (exact) mass is 368 g/mol. The van der Waals surface area contributed by atoms with Crippen molar-refractivity contribution in [1.29, 1.82) is 0 Å². The zero-order valence-corrected chi connectivity index (χ0v) is 14.3. The number of terminal acetylenes is 1. The summed E-state index contributed by atoms with van der Waals surface area (Å²) in [6, 6.07) is 8.52. The number of fused-ring (bicyclic) bond motifs is 1. The van der Waals surface area contributed by atoms with Gasteiger partial charge in [-0.2, -0.15) is 8.42 Å². The first kappa shape index (κ1) is 15.3. The third-order valence-corrected chi connectivity index (χ3v) is 6.87. The van der Waals surface area contributed by atoms with E-state index in [2.05, 4.69) is 10.3 Å². The molecule has 112 valence electrons. The molecule has 0 aliphatic rings. The number of halogens is 1. The number of sulfonamides is 1. The molecule has 0 aliphatic heterocycles. The maximum atomic E-state index is 12.3. The Kier molecular flexibility index (Phi) is 4.10. The fourth-order valence-electron chi connectivity index (χ4n) is 1.92. The number of hydrogen-bond acceptors (Lipinski definition) is 4. The van der Waals surface area contributed by atoms with Gasteiger partial charge in [0.15, 0.2) is 0 Å². The highest BCUT2D eigenvalue weighted by Gasteiger charge is 2.15. The molecule has 1 aromatic carbocycles. The first-order valence-corrected chi connectivity index (χ1v) is 9.59. The number of hydrogen-bond donors (Lipinski definition) is 0. The Morgan fingerprint density at radius 1 is 1.36 bits per heavy atom. The Morgan fingerprint density at radius 3 is 2.86 bits per heavy atom. The van der Waals surface area contributed by atoms with Gasteiger partial charge in [0.2, 0.25) is 4.80 Å². The first-order chi connectivity index (χ1) is 10.5. The van der Waals surface area contributed by atoms with Crippen LogP contribution in [-0.2, 0) is 16.6 Å². The van der Waals surface area contributed by atoms with Crippen LogP contribution in [0, 0.1) is 12.3 Å². The molecule has 4 nitrogen and oxygen atoms in total. The second-order valence-corrected chi connectivity index (χ2v) is 8.51. The molecule has 0 fully saturated rings. The van der Waals surface area contributed by atoms with Gasteiger partial charge < -0.3 is 4.57 Å². The lowest BCUT2D eigenvalue weighted by atomic mass is 10.3. The molecule has 0 radical (unpaired) electrons. The van der Waals surface area contributed by atoms with Crippen molar-refractivity contribution in [3.8, 4) is 12.3 Å². The average Bonchev–Trinajstić information content (AvgIpc) is 3.08. The molecule has 2 aromatic heterocycles. The van der Waals surface area contributed by atoms with Gasteiger partial charge in [-0.1, -0.05) is 34.9 Å². The van der Waals surface area contributed by atoms with E-state index in [-0.39, 0.29) is 10.8 Å². The molecule has 0 bridgehead atoms. The van der Waals surface area contributed by atoms with Crippen LogP contribution in [0.15, 0.2) is 44.3 Å². The number of rotatable bonds is 3. The summed E-state index contributed by atoms with van der Waals surface area (Å²) in [5.41, 5.74) is 0.812. The molecule has 0 saturated heterocycles. The van der Waals surface area contributed by atoms with Gasteiger partial charge in [-0.05, 0) is 29.6 Å². The van der Waals surface area contributed by atoms with Crippen molar-refractivity contribution < 1.29 is 8.42 Å². The van der Waals surface area contributed by atoms with E-state index in [1.807, 2.05) is 6.07 Å². The predicted octanol–water partition coefficient (Wildman–Crippen LogP) is 3.34. The summed E-state index contributed by atoms with van der Waals surface area (Å²) in [5, 5.41) is 2.28. The third-order valence-electron chi connectivity index (χ3n) is 2.84. The summed E-state index contributed by atoms with van der Waals surface area (Å²) in [6.45, 7) is 0.237. The van der Waals surface area contributed by atoms with Crippen molar-refractivity contribution in [2.45, 2.75) is 10.8 Å². The fourth-order valence-corrected chi connectivity index (χ4v) is 5.40. The molecule has 3 aromatic rings. The SMILES string of the molecule is C#CCn1/c(=N/S(=O)(=O)c2cccs2)sc2cc(Cl)ccc21. The molecular weight excluding hydrogens is 360 g/mol. The van der Waals surface area contributed by atoms with Gasteiger partial charge in [-0.25, -0.2) is 0 Å². The van der Waals surface area contributed by atoms with Gasteiger partial charge in [0.05, 0.1) is 16.8 Å². The van der Waals surface area contributed by atoms with Crippen LogP contribution in [0.1, 0.15) is 0 Å². The Morgan fingerprint density at radius 2 is 2.18 bits per heavy atom. The highest BCUT2D eigenvalue weighted by molar-refractivity contribution is 7.92. The molecule has 0 unspecified atom stereocenters. The van der Waals surface area contributed by atoms with Crippen molar-refractivity contribution in [3.05, 3.63) is 45.5 Å². The van der Waals surface area contributed by atoms with Crippen molar-refractivity contribution in [2.24, 2.45) is 4.40 Å². The van der Waals surface area contributed by atoms with Crippen LogP contribution in [0.5, 0.6) is 0 Å². The van der Waals surface area contributed by atoms with Crippen LogP contribution in [0.4, 0.5) is 0 Å². The van der Waals surface area contributed by atoms with E-state index < -0.39 is 10.0 Å². The predicted molar refractivity (Wildman–Crippen MR) is 90.7 cm³/mol. The second-order valence-electron chi connectivity index (χ2n) is 4.29. The molecule has 3 rings (SSSR count). The topological polar surface area (TPSA) is 51.4 Å². The minimum Gasteiger partial charge on any atom is -0.304 e. The Hall–Kier alpha value is -1.59. The summed E-state index contributed by atoms with van der Waals surface area (Å²) >= 11 is 8.36. The van der Waals surface area contributed by atoms with Crippen LogP contribution >= 0.6 is 34.3 Å². The van der Waals surface area contributed by atoms with Gasteiger partial charge in [0, 0.05) is 5.02 Å². The number of aromatic nitrogens is 1. The van der Waals surface area contributed by atoms with Crippen molar-refractivity contribution in [3.63, 3.8) is 0 Å². The van der Waals surface area contributed by atoms with E-state index in [1.165, 1.54) is 17.4 Å².